The zero-order chi connectivity index (χ0) is 20.1. The van der Waals surface area contributed by atoms with Crippen LogP contribution in [0.1, 0.15) is 49.0 Å². The zero-order valence-corrected chi connectivity index (χ0v) is 16.3. The lowest BCUT2D eigenvalue weighted by atomic mass is 9.97. The number of aryl methyl sites for hydroxylation is 1. The Morgan fingerprint density at radius 1 is 0.750 bits per heavy atom. The van der Waals surface area contributed by atoms with Gasteiger partial charge in [0.05, 0.1) is 0 Å². The van der Waals surface area contributed by atoms with Gasteiger partial charge < -0.3 is 0 Å². The first kappa shape index (κ1) is 19.9. The van der Waals surface area contributed by atoms with E-state index >= 15 is 0 Å². The molecular weight excluding hydrogens is 354 g/mol. The van der Waals surface area contributed by atoms with Gasteiger partial charge in [0, 0.05) is 11.1 Å². The first-order chi connectivity index (χ1) is 13.5. The molecule has 28 heavy (non-hydrogen) atoms. The molecule has 3 aromatic rings. The van der Waals surface area contributed by atoms with E-state index in [0.717, 1.165) is 30.4 Å². The Hall–Kier alpha value is -2.81. The highest BCUT2D eigenvalue weighted by atomic mass is 19.2. The summed E-state index contributed by atoms with van der Waals surface area (Å²) in [6.07, 6.45) is 3.49. The van der Waals surface area contributed by atoms with Crippen LogP contribution in [0.4, 0.5) is 8.78 Å². The van der Waals surface area contributed by atoms with Crippen LogP contribution in [0.2, 0.25) is 0 Å². The molecule has 0 saturated heterocycles. The van der Waals surface area contributed by atoms with Crippen molar-refractivity contribution in [2.45, 2.75) is 39.5 Å². The molecule has 0 aliphatic rings. The van der Waals surface area contributed by atoms with Gasteiger partial charge in [0.15, 0.2) is 17.4 Å². The molecule has 0 aliphatic carbocycles. The predicted molar refractivity (Wildman–Crippen MR) is 110 cm³/mol. The summed E-state index contributed by atoms with van der Waals surface area (Å²) in [7, 11) is 0. The van der Waals surface area contributed by atoms with Crippen molar-refractivity contribution >= 4 is 5.78 Å². The molecule has 0 atom stereocenters. The highest BCUT2D eigenvalue weighted by Crippen LogP contribution is 2.29. The van der Waals surface area contributed by atoms with Crippen molar-refractivity contribution in [1.29, 1.82) is 0 Å². The highest BCUT2D eigenvalue weighted by Gasteiger charge is 2.14. The van der Waals surface area contributed by atoms with Gasteiger partial charge in [-0.3, -0.25) is 4.79 Å². The van der Waals surface area contributed by atoms with E-state index in [0.29, 0.717) is 23.1 Å². The highest BCUT2D eigenvalue weighted by molar-refractivity contribution is 5.94. The lowest BCUT2D eigenvalue weighted by Gasteiger charge is -2.10. The second kappa shape index (κ2) is 8.92. The van der Waals surface area contributed by atoms with Crippen LogP contribution in [0.25, 0.3) is 22.3 Å². The van der Waals surface area contributed by atoms with E-state index in [1.807, 2.05) is 24.3 Å². The molecule has 3 aromatic carbocycles. The predicted octanol–water partition coefficient (Wildman–Crippen LogP) is 7.23. The Morgan fingerprint density at radius 3 is 1.89 bits per heavy atom. The van der Waals surface area contributed by atoms with E-state index in [1.165, 1.54) is 6.92 Å². The fourth-order valence-corrected chi connectivity index (χ4v) is 3.31. The van der Waals surface area contributed by atoms with Crippen LogP contribution in [0.3, 0.4) is 0 Å². The molecule has 0 radical (unpaired) electrons. The van der Waals surface area contributed by atoms with Crippen LogP contribution in [0, 0.1) is 11.6 Å². The van der Waals surface area contributed by atoms with Gasteiger partial charge in [-0.25, -0.2) is 8.78 Å². The van der Waals surface area contributed by atoms with Crippen LogP contribution in [-0.4, -0.2) is 5.78 Å². The number of unbranched alkanes of at least 4 members (excludes halogenated alkanes) is 2. The van der Waals surface area contributed by atoms with Gasteiger partial charge in [0.1, 0.15) is 0 Å². The van der Waals surface area contributed by atoms with Crippen molar-refractivity contribution in [3.63, 3.8) is 0 Å². The van der Waals surface area contributed by atoms with Crippen molar-refractivity contribution in [3.05, 3.63) is 83.4 Å². The molecule has 3 rings (SSSR count). The summed E-state index contributed by atoms with van der Waals surface area (Å²) >= 11 is 0. The van der Waals surface area contributed by atoms with Crippen LogP contribution >= 0.6 is 0 Å². The Bertz CT molecular complexity index is 957. The summed E-state index contributed by atoms with van der Waals surface area (Å²) < 4.78 is 29.0. The van der Waals surface area contributed by atoms with Gasteiger partial charge in [-0.1, -0.05) is 80.4 Å². The average Bonchev–Trinajstić information content (AvgIpc) is 2.72. The molecule has 0 bridgehead atoms. The van der Waals surface area contributed by atoms with E-state index in [-0.39, 0.29) is 11.3 Å². The zero-order valence-electron chi connectivity index (χ0n) is 16.3. The van der Waals surface area contributed by atoms with Crippen molar-refractivity contribution in [2.24, 2.45) is 0 Å². The minimum absolute atomic E-state index is 0.0255. The fourth-order valence-electron chi connectivity index (χ4n) is 3.31. The van der Waals surface area contributed by atoms with Gasteiger partial charge in [-0.2, -0.15) is 0 Å². The number of benzene rings is 3. The van der Waals surface area contributed by atoms with E-state index in [2.05, 4.69) is 6.92 Å². The first-order valence-electron chi connectivity index (χ1n) is 9.70. The van der Waals surface area contributed by atoms with Crippen LogP contribution in [0.5, 0.6) is 0 Å². The molecule has 0 N–H and O–H groups in total. The monoisotopic (exact) mass is 378 g/mol. The summed E-state index contributed by atoms with van der Waals surface area (Å²) in [5.74, 6) is -1.50. The van der Waals surface area contributed by atoms with Gasteiger partial charge in [-0.15, -0.1) is 0 Å². The number of hydrogen-bond acceptors (Lipinski definition) is 1. The normalized spacial score (nSPS) is 10.9. The molecule has 0 saturated carbocycles. The maximum absolute atomic E-state index is 14.6. The Kier molecular flexibility index (Phi) is 6.35. The third-order valence-electron chi connectivity index (χ3n) is 5.03. The maximum atomic E-state index is 14.6. The standard InChI is InChI=1S/C25H24F2O/c1-3-4-5-6-22-15-16-23(25(27)24(22)26)21-13-11-20(12-14-21)19-9-7-18(8-10-19)17(2)28/h7-16H,3-6H2,1-2H3. The minimum Gasteiger partial charge on any atom is -0.295 e. The van der Waals surface area contributed by atoms with Crippen molar-refractivity contribution in [1.82, 2.24) is 0 Å². The van der Waals surface area contributed by atoms with E-state index in [9.17, 15) is 13.6 Å². The molecule has 0 aliphatic heterocycles. The Morgan fingerprint density at radius 2 is 1.32 bits per heavy atom. The fraction of sp³-hybridized carbons (Fsp3) is 0.240. The van der Waals surface area contributed by atoms with E-state index in [1.54, 1.807) is 36.4 Å². The molecule has 0 amide bonds. The molecule has 1 nitrogen and oxygen atoms in total. The third-order valence-corrected chi connectivity index (χ3v) is 5.03. The van der Waals surface area contributed by atoms with E-state index < -0.39 is 11.6 Å². The third kappa shape index (κ3) is 4.36. The lowest BCUT2D eigenvalue weighted by Crippen LogP contribution is -1.97. The van der Waals surface area contributed by atoms with E-state index in [4.69, 9.17) is 0 Å². The van der Waals surface area contributed by atoms with Gasteiger partial charge >= 0.3 is 0 Å². The second-order valence-electron chi connectivity index (χ2n) is 7.07. The smallest absolute Gasteiger partial charge is 0.166 e. The molecule has 0 aromatic heterocycles. The molecule has 0 fully saturated rings. The molecule has 3 heteroatoms. The summed E-state index contributed by atoms with van der Waals surface area (Å²) in [4.78, 5) is 11.4. The molecule has 0 spiro atoms. The topological polar surface area (TPSA) is 17.1 Å². The van der Waals surface area contributed by atoms with Gasteiger partial charge in [0.25, 0.3) is 0 Å². The Labute approximate surface area is 165 Å². The SMILES string of the molecule is CCCCCc1ccc(-c2ccc(-c3ccc(C(C)=O)cc3)cc2)c(F)c1F. The second-order valence-corrected chi connectivity index (χ2v) is 7.07. The molecular formula is C25H24F2O. The number of carbonyl (C=O) groups excluding carboxylic acids is 1. The lowest BCUT2D eigenvalue weighted by molar-refractivity contribution is 0.101. The molecule has 0 heterocycles. The summed E-state index contributed by atoms with van der Waals surface area (Å²) in [6.45, 7) is 3.62. The number of carbonyl (C=O) groups is 1. The van der Waals surface area contributed by atoms with Gasteiger partial charge in [0.2, 0.25) is 0 Å². The first-order valence-corrected chi connectivity index (χ1v) is 9.70. The van der Waals surface area contributed by atoms with Crippen molar-refractivity contribution in [2.75, 3.05) is 0 Å². The number of Topliss-reactive ketones (excluding diaryl/α,β-unsaturated/α-hetero) is 1. The molecule has 0 unspecified atom stereocenters. The van der Waals surface area contributed by atoms with Gasteiger partial charge in [-0.05, 0) is 42.0 Å². The average molecular weight is 378 g/mol. The summed E-state index contributed by atoms with van der Waals surface area (Å²) in [6, 6.07) is 18.1. The van der Waals surface area contributed by atoms with Crippen molar-refractivity contribution in [3.8, 4) is 22.3 Å². The summed E-state index contributed by atoms with van der Waals surface area (Å²) in [5, 5.41) is 0. The summed E-state index contributed by atoms with van der Waals surface area (Å²) in [5.41, 5.74) is 3.94. The minimum atomic E-state index is -0.785. The maximum Gasteiger partial charge on any atom is 0.166 e. The number of rotatable bonds is 7. The van der Waals surface area contributed by atoms with Crippen molar-refractivity contribution < 1.29 is 13.6 Å². The van der Waals surface area contributed by atoms with Crippen LogP contribution in [0.15, 0.2) is 60.7 Å². The number of ketones is 1. The Balaban J connectivity index is 1.83. The number of halogens is 2. The molecule has 144 valence electrons. The quantitative estimate of drug-likeness (QED) is 0.313. The number of hydrogen-bond donors (Lipinski definition) is 0. The van der Waals surface area contributed by atoms with Crippen LogP contribution in [-0.2, 0) is 6.42 Å². The van der Waals surface area contributed by atoms with Crippen LogP contribution < -0.4 is 0 Å². The largest absolute Gasteiger partial charge is 0.295 e.